The minimum Gasteiger partial charge on any atom is -0.458 e. The molecule has 14 heteroatoms. The van der Waals surface area contributed by atoms with Crippen LogP contribution < -0.4 is 9.64 Å². The normalized spacial score (nSPS) is 20.0. The second-order valence-corrected chi connectivity index (χ2v) is 11.0. The van der Waals surface area contributed by atoms with Gasteiger partial charge in [-0.05, 0) is 55.6 Å². The molecule has 2 aliphatic heterocycles. The zero-order valence-corrected chi connectivity index (χ0v) is 23.2. The predicted molar refractivity (Wildman–Crippen MR) is 133 cm³/mol. The van der Waals surface area contributed by atoms with Crippen LogP contribution in [-0.2, 0) is 20.4 Å². The summed E-state index contributed by atoms with van der Waals surface area (Å²) < 4.78 is 77.1. The number of methoxy groups -OCH3 is 2. The molecular weight excluding hydrogens is 580 g/mol. The lowest BCUT2D eigenvalue weighted by Gasteiger charge is -2.42. The third-order valence-electron chi connectivity index (χ3n) is 6.40. The molecule has 0 saturated carbocycles. The van der Waals surface area contributed by atoms with Gasteiger partial charge in [0.1, 0.15) is 23.5 Å². The van der Waals surface area contributed by atoms with E-state index >= 15 is 4.39 Å². The Hall–Kier alpha value is -2.45. The van der Waals surface area contributed by atoms with E-state index < -0.39 is 40.0 Å². The number of fused-ring (bicyclic) bond motifs is 3. The summed E-state index contributed by atoms with van der Waals surface area (Å²) in [6.07, 6.45) is -4.66. The summed E-state index contributed by atoms with van der Waals surface area (Å²) in [4.78, 5) is 24.7. The number of nitrogens with zero attached hydrogens (tertiary/aromatic N) is 4. The van der Waals surface area contributed by atoms with Crippen molar-refractivity contribution >= 4 is 38.7 Å². The first-order valence-corrected chi connectivity index (χ1v) is 12.7. The number of piperazine rings is 1. The Morgan fingerprint density at radius 1 is 1.13 bits per heavy atom. The number of carbonyl (C=O) groups excluding carboxylic acids is 1. The summed E-state index contributed by atoms with van der Waals surface area (Å²) in [5.74, 6) is -1.11. The van der Waals surface area contributed by atoms with Gasteiger partial charge in [-0.2, -0.15) is 23.1 Å². The van der Waals surface area contributed by atoms with E-state index in [9.17, 15) is 18.0 Å². The van der Waals surface area contributed by atoms with E-state index in [4.69, 9.17) is 18.9 Å². The Balaban J connectivity index is 1.76. The molecule has 1 amide bonds. The Morgan fingerprint density at radius 3 is 2.26 bits per heavy atom. The predicted octanol–water partition coefficient (Wildman–Crippen LogP) is 5.14. The van der Waals surface area contributed by atoms with E-state index in [1.165, 1.54) is 14.2 Å². The van der Waals surface area contributed by atoms with Crippen LogP contribution in [0.2, 0.25) is 0 Å². The maximum Gasteiger partial charge on any atom is 0.417 e. The third kappa shape index (κ3) is 5.76. The van der Waals surface area contributed by atoms with Crippen molar-refractivity contribution in [1.29, 1.82) is 0 Å². The highest BCUT2D eigenvalue weighted by Crippen LogP contribution is 2.42. The molecule has 0 aliphatic carbocycles. The van der Waals surface area contributed by atoms with Gasteiger partial charge in [0.05, 0.1) is 22.1 Å². The first kappa shape index (κ1) is 28.6. The van der Waals surface area contributed by atoms with Crippen LogP contribution in [0.25, 0.3) is 10.9 Å². The van der Waals surface area contributed by atoms with Crippen LogP contribution in [0.15, 0.2) is 10.5 Å². The van der Waals surface area contributed by atoms with E-state index in [1.807, 2.05) is 0 Å². The van der Waals surface area contributed by atoms with Gasteiger partial charge in [-0.3, -0.25) is 4.90 Å². The molecule has 2 aliphatic rings. The Kier molecular flexibility index (Phi) is 7.97. The van der Waals surface area contributed by atoms with Crippen LogP contribution in [0.4, 0.5) is 28.2 Å². The van der Waals surface area contributed by atoms with Gasteiger partial charge in [0.15, 0.2) is 12.1 Å². The molecule has 1 aromatic heterocycles. The maximum absolute atomic E-state index is 15.3. The lowest BCUT2D eigenvalue weighted by Crippen LogP contribution is -2.57. The first-order valence-electron chi connectivity index (χ1n) is 11.9. The number of benzene rings is 1. The number of carbonyl (C=O) groups is 1. The Morgan fingerprint density at radius 2 is 1.74 bits per heavy atom. The molecule has 0 spiro atoms. The quantitative estimate of drug-likeness (QED) is 0.329. The lowest BCUT2D eigenvalue weighted by atomic mass is 10.1. The summed E-state index contributed by atoms with van der Waals surface area (Å²) in [6.45, 7) is 5.72. The van der Waals surface area contributed by atoms with Crippen molar-refractivity contribution in [3.05, 3.63) is 21.9 Å². The summed E-state index contributed by atoms with van der Waals surface area (Å²) in [6, 6.07) is 0.0641. The van der Waals surface area contributed by atoms with E-state index in [0.717, 1.165) is 6.07 Å². The smallest absolute Gasteiger partial charge is 0.417 e. The molecule has 210 valence electrons. The van der Waals surface area contributed by atoms with Crippen LogP contribution in [0.1, 0.15) is 39.2 Å². The van der Waals surface area contributed by atoms with Crippen molar-refractivity contribution in [3.8, 4) is 6.01 Å². The SMILES string of the molecule is COC(COc1nc(N2CC3CCC(C2)N3C(=O)OC(C)(C)C)c2cc(C(F)(F)F)c(Br)c(F)c2n1)OC. The topological polar surface area (TPSA) is 86.3 Å². The highest BCUT2D eigenvalue weighted by molar-refractivity contribution is 9.10. The van der Waals surface area contributed by atoms with Gasteiger partial charge in [-0.1, -0.05) is 0 Å². The van der Waals surface area contributed by atoms with Gasteiger partial charge in [0, 0.05) is 32.7 Å². The lowest BCUT2D eigenvalue weighted by molar-refractivity contribution is -0.138. The van der Waals surface area contributed by atoms with Crippen molar-refractivity contribution in [1.82, 2.24) is 14.9 Å². The summed E-state index contributed by atoms with van der Waals surface area (Å²) in [7, 11) is 2.80. The van der Waals surface area contributed by atoms with Gasteiger partial charge in [0.2, 0.25) is 0 Å². The molecule has 2 atom stereocenters. The molecule has 9 nitrogen and oxygen atoms in total. The zero-order valence-electron chi connectivity index (χ0n) is 21.6. The van der Waals surface area contributed by atoms with Crippen LogP contribution in [0.3, 0.4) is 0 Å². The summed E-state index contributed by atoms with van der Waals surface area (Å²) in [5, 5.41) is -0.120. The highest BCUT2D eigenvalue weighted by atomic mass is 79.9. The molecule has 2 fully saturated rings. The van der Waals surface area contributed by atoms with Crippen molar-refractivity contribution in [2.45, 2.75) is 63.8 Å². The molecule has 2 bridgehead atoms. The average molecular weight is 609 g/mol. The highest BCUT2D eigenvalue weighted by Gasteiger charge is 2.45. The van der Waals surface area contributed by atoms with E-state index in [1.54, 1.807) is 30.6 Å². The summed E-state index contributed by atoms with van der Waals surface area (Å²) in [5.41, 5.74) is -2.20. The number of hydrogen-bond donors (Lipinski definition) is 0. The van der Waals surface area contributed by atoms with Crippen LogP contribution >= 0.6 is 15.9 Å². The molecule has 2 unspecified atom stereocenters. The van der Waals surface area contributed by atoms with E-state index in [-0.39, 0.29) is 54.5 Å². The van der Waals surface area contributed by atoms with Gasteiger partial charge < -0.3 is 23.8 Å². The number of anilines is 1. The van der Waals surface area contributed by atoms with Crippen molar-refractivity contribution in [2.75, 3.05) is 38.8 Å². The minimum atomic E-state index is -4.82. The molecule has 0 radical (unpaired) electrons. The van der Waals surface area contributed by atoms with E-state index in [0.29, 0.717) is 12.8 Å². The number of alkyl halides is 3. The molecule has 4 rings (SSSR count). The fraction of sp³-hybridized carbons (Fsp3) is 0.625. The molecule has 2 saturated heterocycles. The number of rotatable bonds is 6. The van der Waals surface area contributed by atoms with Gasteiger partial charge in [-0.15, -0.1) is 0 Å². The van der Waals surface area contributed by atoms with Crippen molar-refractivity contribution in [2.24, 2.45) is 0 Å². The Labute approximate surface area is 225 Å². The largest absolute Gasteiger partial charge is 0.458 e. The van der Waals surface area contributed by atoms with Crippen molar-refractivity contribution < 1.29 is 41.3 Å². The van der Waals surface area contributed by atoms with Crippen LogP contribution in [0, 0.1) is 5.82 Å². The van der Waals surface area contributed by atoms with Gasteiger partial charge in [0.25, 0.3) is 0 Å². The number of halogens is 5. The maximum atomic E-state index is 15.3. The molecule has 0 N–H and O–H groups in total. The number of hydrogen-bond acceptors (Lipinski definition) is 8. The van der Waals surface area contributed by atoms with Crippen LogP contribution in [-0.4, -0.2) is 78.9 Å². The van der Waals surface area contributed by atoms with Gasteiger partial charge in [-0.25, -0.2) is 9.18 Å². The average Bonchev–Trinajstić information content (AvgIpc) is 3.09. The second kappa shape index (κ2) is 10.6. The number of aromatic nitrogens is 2. The number of amides is 1. The Bertz CT molecular complexity index is 1190. The number of ether oxygens (including phenoxy) is 4. The van der Waals surface area contributed by atoms with Crippen LogP contribution in [0.5, 0.6) is 6.01 Å². The standard InChI is InChI=1S/C24H29BrF4N4O5/c1-23(2,3)38-22(34)33-12-6-7-13(33)10-32(9-12)20-14-8-15(24(27,28)29)17(25)18(26)19(14)30-21(31-20)37-11-16(35-4)36-5/h8,12-13,16H,6-7,9-11H2,1-5H3. The molecule has 1 aromatic carbocycles. The molecular formula is C24H29BrF4N4O5. The fourth-order valence-corrected chi connectivity index (χ4v) is 5.27. The minimum absolute atomic E-state index is 0.0778. The first-order chi connectivity index (χ1) is 17.7. The molecule has 2 aromatic rings. The molecule has 3 heterocycles. The van der Waals surface area contributed by atoms with Crippen molar-refractivity contribution in [3.63, 3.8) is 0 Å². The fourth-order valence-electron chi connectivity index (χ4n) is 4.74. The van der Waals surface area contributed by atoms with Gasteiger partial charge >= 0.3 is 18.3 Å². The zero-order chi connectivity index (χ0) is 28.0. The molecule has 38 heavy (non-hydrogen) atoms. The third-order valence-corrected chi connectivity index (χ3v) is 7.17. The second-order valence-electron chi connectivity index (χ2n) is 10.2. The summed E-state index contributed by atoms with van der Waals surface area (Å²) >= 11 is 2.74. The monoisotopic (exact) mass is 608 g/mol. The van der Waals surface area contributed by atoms with E-state index in [2.05, 4.69) is 25.9 Å².